The van der Waals surface area contributed by atoms with Crippen LogP contribution >= 0.6 is 0 Å². The zero-order valence-electron chi connectivity index (χ0n) is 10.5. The molecule has 1 saturated heterocycles. The number of nitrogens with zero attached hydrogens (tertiary/aromatic N) is 3. The van der Waals surface area contributed by atoms with Crippen molar-refractivity contribution >= 4 is 11.8 Å². The molecule has 1 N–H and O–H groups in total. The van der Waals surface area contributed by atoms with E-state index in [4.69, 9.17) is 9.84 Å². The minimum Gasteiger partial charge on any atom is -0.481 e. The highest BCUT2D eigenvalue weighted by Gasteiger charge is 2.36. The van der Waals surface area contributed by atoms with Crippen molar-refractivity contribution in [3.8, 4) is 5.88 Å². The number of ether oxygens (including phenoxy) is 1. The second-order valence-corrected chi connectivity index (χ2v) is 4.31. The molecule has 0 aromatic carbocycles. The van der Waals surface area contributed by atoms with E-state index in [0.717, 1.165) is 5.82 Å². The van der Waals surface area contributed by atoms with Crippen molar-refractivity contribution in [2.75, 3.05) is 18.1 Å². The normalized spacial score (nSPS) is 23.1. The molecule has 0 radical (unpaired) electrons. The van der Waals surface area contributed by atoms with E-state index < -0.39 is 5.97 Å². The summed E-state index contributed by atoms with van der Waals surface area (Å²) in [5.41, 5.74) is 0. The van der Waals surface area contributed by atoms with Gasteiger partial charge in [-0.2, -0.15) is 0 Å². The van der Waals surface area contributed by atoms with Gasteiger partial charge in [0.05, 0.1) is 12.5 Å². The molecular weight excluding hydrogens is 234 g/mol. The molecule has 6 heteroatoms. The monoisotopic (exact) mass is 251 g/mol. The van der Waals surface area contributed by atoms with E-state index in [-0.39, 0.29) is 12.0 Å². The lowest BCUT2D eigenvalue weighted by Gasteiger charge is -2.24. The Balaban J connectivity index is 2.17. The molecule has 1 aromatic rings. The Kier molecular flexibility index (Phi) is 3.64. The number of rotatable bonds is 4. The van der Waals surface area contributed by atoms with Gasteiger partial charge in [0.25, 0.3) is 0 Å². The van der Waals surface area contributed by atoms with E-state index in [1.54, 1.807) is 6.07 Å². The van der Waals surface area contributed by atoms with Crippen LogP contribution in [-0.4, -0.2) is 40.2 Å². The fraction of sp³-hybridized carbons (Fsp3) is 0.583. The topological polar surface area (TPSA) is 75.5 Å². The predicted molar refractivity (Wildman–Crippen MR) is 65.8 cm³/mol. The molecule has 0 amide bonds. The fourth-order valence-electron chi connectivity index (χ4n) is 2.31. The summed E-state index contributed by atoms with van der Waals surface area (Å²) < 4.78 is 5.32. The first-order valence-corrected chi connectivity index (χ1v) is 6.07. The van der Waals surface area contributed by atoms with E-state index in [9.17, 15) is 4.79 Å². The minimum atomic E-state index is -0.746. The van der Waals surface area contributed by atoms with Gasteiger partial charge in [0.1, 0.15) is 12.1 Å². The predicted octanol–water partition coefficient (Wildman–Crippen LogP) is 1.17. The maximum absolute atomic E-state index is 11.1. The molecule has 0 aliphatic carbocycles. The molecule has 1 aliphatic heterocycles. The lowest BCUT2D eigenvalue weighted by molar-refractivity contribution is -0.141. The highest BCUT2D eigenvalue weighted by Crippen LogP contribution is 2.29. The summed E-state index contributed by atoms with van der Waals surface area (Å²) in [6.45, 7) is 5.04. The molecule has 2 rings (SSSR count). The van der Waals surface area contributed by atoms with Crippen molar-refractivity contribution in [3.05, 3.63) is 12.4 Å². The van der Waals surface area contributed by atoms with Gasteiger partial charge in [-0.15, -0.1) is 0 Å². The van der Waals surface area contributed by atoms with Crippen molar-refractivity contribution in [2.45, 2.75) is 26.3 Å². The van der Waals surface area contributed by atoms with Crippen LogP contribution in [0.4, 0.5) is 5.82 Å². The van der Waals surface area contributed by atoms with Crippen molar-refractivity contribution in [2.24, 2.45) is 5.92 Å². The molecule has 0 bridgehead atoms. The van der Waals surface area contributed by atoms with Gasteiger partial charge in [-0.05, 0) is 20.3 Å². The van der Waals surface area contributed by atoms with E-state index in [1.807, 2.05) is 18.7 Å². The van der Waals surface area contributed by atoms with Gasteiger partial charge in [-0.3, -0.25) is 4.79 Å². The number of carbonyl (C=O) groups is 1. The van der Waals surface area contributed by atoms with Crippen LogP contribution in [0.1, 0.15) is 20.3 Å². The number of carboxylic acids is 1. The highest BCUT2D eigenvalue weighted by atomic mass is 16.5. The molecular formula is C12H17N3O3. The van der Waals surface area contributed by atoms with Crippen molar-refractivity contribution in [3.63, 3.8) is 0 Å². The van der Waals surface area contributed by atoms with Crippen LogP contribution in [0.3, 0.4) is 0 Å². The fourth-order valence-corrected chi connectivity index (χ4v) is 2.31. The maximum atomic E-state index is 11.1. The van der Waals surface area contributed by atoms with Gasteiger partial charge in [0, 0.05) is 18.7 Å². The molecule has 1 fully saturated rings. The molecule has 1 aromatic heterocycles. The van der Waals surface area contributed by atoms with Crippen molar-refractivity contribution in [1.82, 2.24) is 9.97 Å². The second kappa shape index (κ2) is 5.20. The zero-order valence-corrected chi connectivity index (χ0v) is 10.5. The largest absolute Gasteiger partial charge is 0.481 e. The standard InChI is InChI=1S/C12H17N3O3/c1-3-18-11-6-10(13-7-14-11)15-5-4-9(8(15)2)12(16)17/h6-9H,3-5H2,1-2H3,(H,16,17). The van der Waals surface area contributed by atoms with E-state index in [2.05, 4.69) is 9.97 Å². The molecule has 98 valence electrons. The van der Waals surface area contributed by atoms with Crippen molar-refractivity contribution < 1.29 is 14.6 Å². The Morgan fingerprint density at radius 2 is 2.39 bits per heavy atom. The zero-order chi connectivity index (χ0) is 13.1. The Morgan fingerprint density at radius 3 is 3.00 bits per heavy atom. The molecule has 2 heterocycles. The lowest BCUT2D eigenvalue weighted by Crippen LogP contribution is -2.33. The third-order valence-corrected chi connectivity index (χ3v) is 3.29. The summed E-state index contributed by atoms with van der Waals surface area (Å²) in [5.74, 6) is 0.165. The second-order valence-electron chi connectivity index (χ2n) is 4.31. The average Bonchev–Trinajstić information content (AvgIpc) is 2.72. The van der Waals surface area contributed by atoms with Crippen LogP contribution < -0.4 is 9.64 Å². The van der Waals surface area contributed by atoms with Gasteiger partial charge in [-0.1, -0.05) is 0 Å². The molecule has 0 spiro atoms. The van der Waals surface area contributed by atoms with Crippen LogP contribution in [0.5, 0.6) is 5.88 Å². The number of aliphatic carboxylic acids is 1. The first-order valence-electron chi connectivity index (χ1n) is 6.07. The number of carboxylic acid groups (broad SMARTS) is 1. The van der Waals surface area contributed by atoms with E-state index in [0.29, 0.717) is 25.5 Å². The van der Waals surface area contributed by atoms with Crippen LogP contribution in [0.25, 0.3) is 0 Å². The summed E-state index contributed by atoms with van der Waals surface area (Å²) >= 11 is 0. The molecule has 1 aliphatic rings. The third kappa shape index (κ3) is 2.37. The Bertz CT molecular complexity index is 438. The first kappa shape index (κ1) is 12.6. The van der Waals surface area contributed by atoms with Crippen LogP contribution in [0, 0.1) is 5.92 Å². The minimum absolute atomic E-state index is 0.0631. The van der Waals surface area contributed by atoms with Crippen LogP contribution in [-0.2, 0) is 4.79 Å². The lowest BCUT2D eigenvalue weighted by atomic mass is 10.0. The maximum Gasteiger partial charge on any atom is 0.308 e. The molecule has 2 unspecified atom stereocenters. The molecule has 6 nitrogen and oxygen atoms in total. The van der Waals surface area contributed by atoms with Gasteiger partial charge in [0.15, 0.2) is 0 Å². The first-order chi connectivity index (χ1) is 8.63. The average molecular weight is 251 g/mol. The molecule has 18 heavy (non-hydrogen) atoms. The summed E-state index contributed by atoms with van der Waals surface area (Å²) in [4.78, 5) is 21.3. The number of aromatic nitrogens is 2. The number of anilines is 1. The summed E-state index contributed by atoms with van der Waals surface area (Å²) in [6.07, 6.45) is 2.09. The van der Waals surface area contributed by atoms with Gasteiger partial charge in [0.2, 0.25) is 5.88 Å². The third-order valence-electron chi connectivity index (χ3n) is 3.29. The number of hydrogen-bond donors (Lipinski definition) is 1. The van der Waals surface area contributed by atoms with Crippen LogP contribution in [0.15, 0.2) is 12.4 Å². The highest BCUT2D eigenvalue weighted by molar-refractivity contribution is 5.72. The summed E-state index contributed by atoms with van der Waals surface area (Å²) in [5, 5.41) is 9.10. The summed E-state index contributed by atoms with van der Waals surface area (Å²) in [6, 6.07) is 1.69. The van der Waals surface area contributed by atoms with Gasteiger partial charge in [-0.25, -0.2) is 9.97 Å². The molecule has 2 atom stereocenters. The van der Waals surface area contributed by atoms with Gasteiger partial charge < -0.3 is 14.7 Å². The Morgan fingerprint density at radius 1 is 1.61 bits per heavy atom. The van der Waals surface area contributed by atoms with E-state index >= 15 is 0 Å². The van der Waals surface area contributed by atoms with Gasteiger partial charge >= 0.3 is 5.97 Å². The Hall–Kier alpha value is -1.85. The van der Waals surface area contributed by atoms with E-state index in [1.165, 1.54) is 6.33 Å². The summed E-state index contributed by atoms with van der Waals surface area (Å²) in [7, 11) is 0. The smallest absolute Gasteiger partial charge is 0.308 e. The van der Waals surface area contributed by atoms with Crippen molar-refractivity contribution in [1.29, 1.82) is 0 Å². The number of hydrogen-bond acceptors (Lipinski definition) is 5. The SMILES string of the molecule is CCOc1cc(N2CCC(C(=O)O)C2C)ncn1. The Labute approximate surface area is 106 Å². The van der Waals surface area contributed by atoms with Crippen LogP contribution in [0.2, 0.25) is 0 Å². The quantitative estimate of drug-likeness (QED) is 0.865. The molecule has 0 saturated carbocycles.